The van der Waals surface area contributed by atoms with Gasteiger partial charge in [0.2, 0.25) is 0 Å². The first-order valence-corrected chi connectivity index (χ1v) is 20.2. The number of para-hydroxylation sites is 3. The number of benzene rings is 9. The van der Waals surface area contributed by atoms with E-state index in [1.165, 1.54) is 55.0 Å². The zero-order valence-corrected chi connectivity index (χ0v) is 32.1. The monoisotopic (exact) mass is 752 g/mol. The molecule has 0 aliphatic carbocycles. The third-order valence-electron chi connectivity index (χ3n) is 12.0. The van der Waals surface area contributed by atoms with Gasteiger partial charge in [0.1, 0.15) is 11.2 Å². The molecule has 276 valence electrons. The van der Waals surface area contributed by atoms with E-state index in [1.54, 1.807) is 0 Å². The minimum absolute atomic E-state index is 0.903. The van der Waals surface area contributed by atoms with Gasteiger partial charge in [0.25, 0.3) is 0 Å². The molecule has 59 heavy (non-hydrogen) atoms. The summed E-state index contributed by atoms with van der Waals surface area (Å²) in [6.07, 6.45) is 2.20. The lowest BCUT2D eigenvalue weighted by molar-refractivity contribution is 0.671. The van der Waals surface area contributed by atoms with Crippen LogP contribution in [-0.4, -0.2) is 9.13 Å². The molecule has 0 spiro atoms. The van der Waals surface area contributed by atoms with Gasteiger partial charge in [-0.05, 0) is 75.8 Å². The van der Waals surface area contributed by atoms with Gasteiger partial charge >= 0.3 is 0 Å². The highest BCUT2D eigenvalue weighted by Crippen LogP contribution is 2.42. The minimum Gasteiger partial charge on any atom is -0.455 e. The fourth-order valence-corrected chi connectivity index (χ4v) is 9.15. The molecule has 0 saturated carbocycles. The Labute approximate surface area is 341 Å². The number of rotatable bonds is 6. The normalized spacial score (nSPS) is 11.7. The standard InChI is InChI=1S/C56H36N2O/c1-3-11-37(12-4-1)39-21-23-41(24-22-39)45-16-9-18-49-50-19-10-17-46(56(50)59-55(45)49)42-27-31-44(32-28-42)58-53-20-8-7-15-47(53)48-33-34-52-51(54(48)58)35-36-57(52)43-29-25-40(26-30-43)38-13-5-2-6-14-38/h1-36H. The number of hydrogen-bond acceptors (Lipinski definition) is 1. The lowest BCUT2D eigenvalue weighted by atomic mass is 9.98. The lowest BCUT2D eigenvalue weighted by Crippen LogP contribution is -1.95. The Morgan fingerprint density at radius 2 is 0.780 bits per heavy atom. The van der Waals surface area contributed by atoms with E-state index in [9.17, 15) is 0 Å². The van der Waals surface area contributed by atoms with Gasteiger partial charge < -0.3 is 13.6 Å². The minimum atomic E-state index is 0.903. The molecule has 3 nitrogen and oxygen atoms in total. The molecule has 0 fully saturated rings. The summed E-state index contributed by atoms with van der Waals surface area (Å²) in [6.45, 7) is 0. The fourth-order valence-electron chi connectivity index (χ4n) is 9.15. The molecule has 0 unspecified atom stereocenters. The number of aromatic nitrogens is 2. The predicted octanol–water partition coefficient (Wildman–Crippen LogP) is 15.3. The summed E-state index contributed by atoms with van der Waals surface area (Å²) in [5.41, 5.74) is 16.9. The van der Waals surface area contributed by atoms with Gasteiger partial charge in [-0.2, -0.15) is 0 Å². The van der Waals surface area contributed by atoms with Gasteiger partial charge in [-0.3, -0.25) is 0 Å². The Morgan fingerprint density at radius 1 is 0.288 bits per heavy atom. The van der Waals surface area contributed by atoms with Crippen LogP contribution in [0.4, 0.5) is 0 Å². The molecule has 9 aromatic carbocycles. The summed E-state index contributed by atoms with van der Waals surface area (Å²) in [5, 5.41) is 5.94. The highest BCUT2D eigenvalue weighted by atomic mass is 16.3. The summed E-state index contributed by atoms with van der Waals surface area (Å²) in [4.78, 5) is 0. The van der Waals surface area contributed by atoms with Gasteiger partial charge in [-0.25, -0.2) is 0 Å². The maximum atomic E-state index is 6.86. The average Bonchev–Trinajstić information content (AvgIpc) is 4.02. The van der Waals surface area contributed by atoms with Crippen LogP contribution in [0.1, 0.15) is 0 Å². The van der Waals surface area contributed by atoms with Crippen LogP contribution in [0.5, 0.6) is 0 Å². The van der Waals surface area contributed by atoms with Crippen LogP contribution in [0.25, 0.3) is 111 Å². The van der Waals surface area contributed by atoms with Gasteiger partial charge in [-0.15, -0.1) is 0 Å². The van der Waals surface area contributed by atoms with Crippen molar-refractivity contribution in [3.63, 3.8) is 0 Å². The molecule has 3 aromatic heterocycles. The number of nitrogens with zero attached hydrogens (tertiary/aromatic N) is 2. The number of furan rings is 1. The van der Waals surface area contributed by atoms with Crippen LogP contribution < -0.4 is 0 Å². The van der Waals surface area contributed by atoms with Crippen molar-refractivity contribution >= 4 is 54.6 Å². The second kappa shape index (κ2) is 13.4. The van der Waals surface area contributed by atoms with Crippen LogP contribution in [0.3, 0.4) is 0 Å². The molecule has 0 bridgehead atoms. The van der Waals surface area contributed by atoms with E-state index >= 15 is 0 Å². The molecule has 12 aromatic rings. The Kier molecular flexibility index (Phi) is 7.54. The van der Waals surface area contributed by atoms with E-state index < -0.39 is 0 Å². The van der Waals surface area contributed by atoms with Gasteiger partial charge in [-0.1, -0.05) is 170 Å². The van der Waals surface area contributed by atoms with Crippen molar-refractivity contribution in [2.75, 3.05) is 0 Å². The predicted molar refractivity (Wildman–Crippen MR) is 247 cm³/mol. The first-order valence-electron chi connectivity index (χ1n) is 20.2. The molecule has 0 N–H and O–H groups in total. The molecule has 0 amide bonds. The molecule has 3 heteroatoms. The molecule has 0 saturated heterocycles. The van der Waals surface area contributed by atoms with Gasteiger partial charge in [0.15, 0.2) is 0 Å². The summed E-state index contributed by atoms with van der Waals surface area (Å²) in [5.74, 6) is 0. The highest BCUT2D eigenvalue weighted by Gasteiger charge is 2.19. The van der Waals surface area contributed by atoms with Crippen molar-refractivity contribution in [3.8, 4) is 55.9 Å². The maximum absolute atomic E-state index is 6.86. The van der Waals surface area contributed by atoms with Crippen molar-refractivity contribution in [1.82, 2.24) is 9.13 Å². The second-order valence-electron chi connectivity index (χ2n) is 15.3. The van der Waals surface area contributed by atoms with Crippen molar-refractivity contribution in [1.29, 1.82) is 0 Å². The van der Waals surface area contributed by atoms with Crippen LogP contribution in [-0.2, 0) is 0 Å². The summed E-state index contributed by atoms with van der Waals surface area (Å²) in [7, 11) is 0. The Morgan fingerprint density at radius 3 is 1.41 bits per heavy atom. The second-order valence-corrected chi connectivity index (χ2v) is 15.3. The van der Waals surface area contributed by atoms with E-state index in [-0.39, 0.29) is 0 Å². The summed E-state index contributed by atoms with van der Waals surface area (Å²) >= 11 is 0. The first kappa shape index (κ1) is 33.3. The quantitative estimate of drug-likeness (QED) is 0.166. The van der Waals surface area contributed by atoms with E-state index in [2.05, 4.69) is 228 Å². The average molecular weight is 753 g/mol. The SMILES string of the molecule is c1ccc(-c2ccc(-c3cccc4c3oc3c(-c5ccc(-n6c7ccccc7c7ccc8c(ccn8-c8ccc(-c9ccccc9)cc8)c76)cc5)cccc34)cc2)cc1. The molecule has 3 heterocycles. The topological polar surface area (TPSA) is 23.0 Å². The molecule has 12 rings (SSSR count). The maximum Gasteiger partial charge on any atom is 0.143 e. The largest absolute Gasteiger partial charge is 0.455 e. The Bertz CT molecular complexity index is 3500. The Hall–Kier alpha value is -7.88. The molecular formula is C56H36N2O. The lowest BCUT2D eigenvalue weighted by Gasteiger charge is -2.11. The molecule has 0 aliphatic heterocycles. The van der Waals surface area contributed by atoms with Crippen molar-refractivity contribution < 1.29 is 4.42 Å². The molecule has 0 aliphatic rings. The van der Waals surface area contributed by atoms with Crippen LogP contribution in [0, 0.1) is 0 Å². The van der Waals surface area contributed by atoms with E-state index in [4.69, 9.17) is 4.42 Å². The summed E-state index contributed by atoms with van der Waals surface area (Å²) < 4.78 is 11.6. The van der Waals surface area contributed by atoms with Crippen molar-refractivity contribution in [3.05, 3.63) is 219 Å². The third kappa shape index (κ3) is 5.36. The highest BCUT2D eigenvalue weighted by molar-refractivity contribution is 6.18. The van der Waals surface area contributed by atoms with E-state index in [1.807, 2.05) is 0 Å². The van der Waals surface area contributed by atoms with Crippen LogP contribution >= 0.6 is 0 Å². The third-order valence-corrected chi connectivity index (χ3v) is 12.0. The Balaban J connectivity index is 0.943. The summed E-state index contributed by atoms with van der Waals surface area (Å²) in [6, 6.07) is 76.2. The van der Waals surface area contributed by atoms with Gasteiger partial charge in [0.05, 0.1) is 16.6 Å². The van der Waals surface area contributed by atoms with Crippen LogP contribution in [0.2, 0.25) is 0 Å². The number of hydrogen-bond donors (Lipinski definition) is 0. The van der Waals surface area contributed by atoms with Crippen molar-refractivity contribution in [2.45, 2.75) is 0 Å². The first-order chi connectivity index (χ1) is 29.3. The fraction of sp³-hybridized carbons (Fsp3) is 0. The zero-order valence-electron chi connectivity index (χ0n) is 32.1. The van der Waals surface area contributed by atoms with E-state index in [0.717, 1.165) is 55.6 Å². The zero-order chi connectivity index (χ0) is 38.9. The number of fused-ring (bicyclic) bond motifs is 8. The molecule has 0 radical (unpaired) electrons. The van der Waals surface area contributed by atoms with Gasteiger partial charge in [0, 0.05) is 55.6 Å². The van der Waals surface area contributed by atoms with Crippen LogP contribution in [0.15, 0.2) is 223 Å². The van der Waals surface area contributed by atoms with Crippen molar-refractivity contribution in [2.24, 2.45) is 0 Å². The molecule has 0 atom stereocenters. The molecular weight excluding hydrogens is 717 g/mol. The smallest absolute Gasteiger partial charge is 0.143 e. The van der Waals surface area contributed by atoms with E-state index in [0.29, 0.717) is 0 Å².